The number of benzene rings is 1. The summed E-state index contributed by atoms with van der Waals surface area (Å²) in [6, 6.07) is 5.99. The molecule has 0 aliphatic heterocycles. The number of halogens is 3. The molecule has 0 unspecified atom stereocenters. The van der Waals surface area contributed by atoms with E-state index in [0.717, 1.165) is 25.7 Å². The third-order valence-electron chi connectivity index (χ3n) is 6.05. The quantitative estimate of drug-likeness (QED) is 0.344. The van der Waals surface area contributed by atoms with Crippen LogP contribution in [-0.2, 0) is 13.0 Å². The third kappa shape index (κ3) is 6.16. The minimum atomic E-state index is -4.84. The highest BCUT2D eigenvalue weighted by atomic mass is 19.4. The predicted molar refractivity (Wildman–Crippen MR) is 120 cm³/mol. The first-order chi connectivity index (χ1) is 16.7. The van der Waals surface area contributed by atoms with Crippen LogP contribution in [0, 0.1) is 16.0 Å². The van der Waals surface area contributed by atoms with E-state index in [4.69, 9.17) is 5.73 Å². The van der Waals surface area contributed by atoms with Gasteiger partial charge in [-0.05, 0) is 44.1 Å². The van der Waals surface area contributed by atoms with Gasteiger partial charge in [0, 0.05) is 30.5 Å². The Labute approximate surface area is 198 Å². The van der Waals surface area contributed by atoms with Crippen LogP contribution in [0.2, 0.25) is 0 Å². The van der Waals surface area contributed by atoms with Crippen molar-refractivity contribution in [2.45, 2.75) is 51.1 Å². The van der Waals surface area contributed by atoms with E-state index >= 15 is 0 Å². The van der Waals surface area contributed by atoms with Crippen LogP contribution in [0.4, 0.5) is 30.6 Å². The number of ether oxygens (including phenoxy) is 1. The van der Waals surface area contributed by atoms with Gasteiger partial charge in [0.2, 0.25) is 11.8 Å². The number of nitro groups is 1. The molecule has 0 atom stereocenters. The first-order valence-electron chi connectivity index (χ1n) is 11.1. The van der Waals surface area contributed by atoms with E-state index in [1.165, 1.54) is 18.2 Å². The van der Waals surface area contributed by atoms with Crippen molar-refractivity contribution in [1.82, 2.24) is 19.5 Å². The molecule has 186 valence electrons. The summed E-state index contributed by atoms with van der Waals surface area (Å²) in [5.74, 6) is -0.486. The smallest absolute Gasteiger partial charge is 0.405 e. The maximum atomic E-state index is 12.7. The number of nitrogens with one attached hydrogen (secondary N) is 1. The number of hydrogen-bond donors (Lipinski definition) is 2. The van der Waals surface area contributed by atoms with E-state index in [-0.39, 0.29) is 46.9 Å². The van der Waals surface area contributed by atoms with Crippen LogP contribution >= 0.6 is 0 Å². The Morgan fingerprint density at radius 3 is 2.60 bits per heavy atom. The number of aromatic nitrogens is 4. The third-order valence-corrected chi connectivity index (χ3v) is 6.05. The van der Waals surface area contributed by atoms with Gasteiger partial charge in [-0.25, -0.2) is 9.97 Å². The molecule has 0 bridgehead atoms. The predicted octanol–water partition coefficient (Wildman–Crippen LogP) is 4.65. The molecule has 0 amide bonds. The molecule has 1 aromatic carbocycles. The maximum Gasteiger partial charge on any atom is 0.573 e. The average Bonchev–Trinajstić information content (AvgIpc) is 3.32. The summed E-state index contributed by atoms with van der Waals surface area (Å²) in [5.41, 5.74) is 5.96. The molecule has 35 heavy (non-hydrogen) atoms. The molecule has 1 fully saturated rings. The van der Waals surface area contributed by atoms with Crippen LogP contribution < -0.4 is 15.8 Å². The van der Waals surface area contributed by atoms with Crippen molar-refractivity contribution in [2.75, 3.05) is 11.1 Å². The second-order valence-corrected chi connectivity index (χ2v) is 8.38. The molecule has 2 aromatic heterocycles. The van der Waals surface area contributed by atoms with Crippen LogP contribution in [0.5, 0.6) is 5.75 Å². The minimum Gasteiger partial charge on any atom is -0.405 e. The van der Waals surface area contributed by atoms with E-state index in [0.29, 0.717) is 12.5 Å². The number of nitrogens with zero attached hydrogens (tertiary/aromatic N) is 5. The van der Waals surface area contributed by atoms with Gasteiger partial charge in [0.25, 0.3) is 0 Å². The summed E-state index contributed by atoms with van der Waals surface area (Å²) in [4.78, 5) is 23.4. The lowest BCUT2D eigenvalue weighted by atomic mass is 9.83. The van der Waals surface area contributed by atoms with Crippen molar-refractivity contribution < 1.29 is 22.8 Å². The standard InChI is InChI=1S/C22H24F3N7O3/c23-22(24,25)35-18-4-2-1-3-15(18)12-28-21-29-17(19(32(33)34)20(26)30-21)11-14-5-7-16(8-6-14)31-10-9-27-13-31/h1-4,9-10,13-14,16H,5-8,11-12H2,(H3,26,28,29,30)/t14-,16-. The number of alkyl halides is 3. The topological polar surface area (TPSA) is 134 Å². The summed E-state index contributed by atoms with van der Waals surface area (Å²) in [5, 5.41) is 14.5. The van der Waals surface area contributed by atoms with Gasteiger partial charge in [-0.2, -0.15) is 4.98 Å². The molecule has 3 N–H and O–H groups in total. The van der Waals surface area contributed by atoms with E-state index in [9.17, 15) is 23.3 Å². The van der Waals surface area contributed by atoms with E-state index < -0.39 is 11.3 Å². The summed E-state index contributed by atoms with van der Waals surface area (Å²) in [6.45, 7) is -0.0983. The zero-order valence-electron chi connectivity index (χ0n) is 18.6. The lowest BCUT2D eigenvalue weighted by molar-refractivity contribution is -0.385. The first kappa shape index (κ1) is 24.2. The van der Waals surface area contributed by atoms with Gasteiger partial charge < -0.3 is 20.4 Å². The molecule has 1 saturated carbocycles. The highest BCUT2D eigenvalue weighted by Gasteiger charge is 2.32. The molecule has 1 aliphatic rings. The van der Waals surface area contributed by atoms with Gasteiger partial charge >= 0.3 is 12.0 Å². The second kappa shape index (κ2) is 10.2. The molecule has 1 aliphatic carbocycles. The van der Waals surface area contributed by atoms with Gasteiger partial charge in [-0.1, -0.05) is 18.2 Å². The fourth-order valence-electron chi connectivity index (χ4n) is 4.40. The fourth-order valence-corrected chi connectivity index (χ4v) is 4.40. The monoisotopic (exact) mass is 491 g/mol. The van der Waals surface area contributed by atoms with Gasteiger partial charge in [0.1, 0.15) is 11.4 Å². The molecular weight excluding hydrogens is 467 g/mol. The molecule has 0 saturated heterocycles. The lowest BCUT2D eigenvalue weighted by Crippen LogP contribution is -2.20. The van der Waals surface area contributed by atoms with Crippen LogP contribution in [0.3, 0.4) is 0 Å². The Balaban J connectivity index is 1.48. The lowest BCUT2D eigenvalue weighted by Gasteiger charge is -2.29. The highest BCUT2D eigenvalue weighted by Crippen LogP contribution is 2.36. The largest absolute Gasteiger partial charge is 0.573 e. The Kier molecular flexibility index (Phi) is 7.03. The summed E-state index contributed by atoms with van der Waals surface area (Å²) < 4.78 is 44.2. The van der Waals surface area contributed by atoms with Gasteiger partial charge in [0.15, 0.2) is 0 Å². The number of anilines is 2. The second-order valence-electron chi connectivity index (χ2n) is 8.38. The Bertz CT molecular complexity index is 1160. The highest BCUT2D eigenvalue weighted by molar-refractivity contribution is 5.58. The molecule has 10 nitrogen and oxygen atoms in total. The molecule has 3 aromatic rings. The van der Waals surface area contributed by atoms with Crippen LogP contribution in [0.1, 0.15) is 43.0 Å². The zero-order chi connectivity index (χ0) is 25.0. The average molecular weight is 491 g/mol. The van der Waals surface area contributed by atoms with Gasteiger partial charge in [-0.3, -0.25) is 10.1 Å². The van der Waals surface area contributed by atoms with Crippen LogP contribution in [-0.4, -0.2) is 30.8 Å². The number of nitrogens with two attached hydrogens (primary N) is 1. The van der Waals surface area contributed by atoms with Crippen LogP contribution in [0.25, 0.3) is 0 Å². The normalized spacial score (nSPS) is 18.3. The Morgan fingerprint density at radius 2 is 1.94 bits per heavy atom. The van der Waals surface area contributed by atoms with Crippen LogP contribution in [0.15, 0.2) is 43.0 Å². The maximum absolute atomic E-state index is 12.7. The summed E-state index contributed by atoms with van der Waals surface area (Å²) in [7, 11) is 0. The van der Waals surface area contributed by atoms with Crippen molar-refractivity contribution >= 4 is 17.5 Å². The van der Waals surface area contributed by atoms with E-state index in [2.05, 4.69) is 29.6 Å². The fraction of sp³-hybridized carbons (Fsp3) is 0.409. The van der Waals surface area contributed by atoms with Crippen molar-refractivity contribution in [3.05, 3.63) is 64.4 Å². The minimum absolute atomic E-state index is 0.00277. The van der Waals surface area contributed by atoms with E-state index in [1.54, 1.807) is 18.6 Å². The van der Waals surface area contributed by atoms with Gasteiger partial charge in [0.05, 0.1) is 11.3 Å². The zero-order valence-corrected chi connectivity index (χ0v) is 18.6. The van der Waals surface area contributed by atoms with Crippen molar-refractivity contribution in [3.8, 4) is 5.75 Å². The molecule has 13 heteroatoms. The molecule has 0 radical (unpaired) electrons. The molecule has 2 heterocycles. The molecule has 0 spiro atoms. The van der Waals surface area contributed by atoms with Crippen molar-refractivity contribution in [3.63, 3.8) is 0 Å². The Morgan fingerprint density at radius 1 is 1.20 bits per heavy atom. The number of rotatable bonds is 8. The van der Waals surface area contributed by atoms with Gasteiger partial charge in [-0.15, -0.1) is 13.2 Å². The summed E-state index contributed by atoms with van der Waals surface area (Å²) in [6.07, 6.45) is 4.50. The number of imidazole rings is 1. The molecule has 4 rings (SSSR count). The summed E-state index contributed by atoms with van der Waals surface area (Å²) >= 11 is 0. The first-order valence-corrected chi connectivity index (χ1v) is 11.1. The van der Waals surface area contributed by atoms with Crippen molar-refractivity contribution in [1.29, 1.82) is 0 Å². The number of para-hydroxylation sites is 1. The number of nitrogen functional groups attached to an aromatic ring is 1. The SMILES string of the molecule is Nc1nc(NCc2ccccc2OC(F)(F)F)nc(C[C@H]2CC[C@H](n3ccnc3)CC2)c1[N+](=O)[O-]. The number of hydrogen-bond acceptors (Lipinski definition) is 8. The van der Waals surface area contributed by atoms with E-state index in [1.807, 2.05) is 6.20 Å². The van der Waals surface area contributed by atoms with Crippen molar-refractivity contribution in [2.24, 2.45) is 5.92 Å². The molecular formula is C22H24F3N7O3. The Hall–Kier alpha value is -3.90.